The van der Waals surface area contributed by atoms with Crippen LogP contribution >= 0.6 is 34.5 Å². The Hall–Kier alpha value is -4.13. The maximum absolute atomic E-state index is 11.8. The SMILES string of the molecule is COc1nc(-c2cccc(-c3cccc(Nc4nccc5sc(CNCC=O)nc45)c3Cl)c2Cl)cc(C)c1CN1CC2(CCC(=O)N2)C1. The van der Waals surface area contributed by atoms with Gasteiger partial charge in [-0.2, -0.15) is 0 Å². The minimum absolute atomic E-state index is 0.0856. The Kier molecular flexibility index (Phi) is 9.06. The molecule has 10 nitrogen and oxygen atoms in total. The molecular formula is C35H33Cl2N7O3S. The number of aryl methyl sites for hydroxylation is 1. The zero-order chi connectivity index (χ0) is 33.4. The van der Waals surface area contributed by atoms with E-state index in [1.54, 1.807) is 24.6 Å². The number of hydrogen-bond donors (Lipinski definition) is 3. The van der Waals surface area contributed by atoms with Crippen LogP contribution in [0.5, 0.6) is 5.88 Å². The lowest BCUT2D eigenvalue weighted by molar-refractivity contribution is -0.120. The van der Waals surface area contributed by atoms with Crippen LogP contribution in [0.1, 0.15) is 29.0 Å². The highest BCUT2D eigenvalue weighted by Crippen LogP contribution is 2.43. The molecule has 48 heavy (non-hydrogen) atoms. The number of benzene rings is 2. The van der Waals surface area contributed by atoms with Gasteiger partial charge in [0, 0.05) is 61.1 Å². The lowest BCUT2D eigenvalue weighted by Gasteiger charge is -2.48. The number of carbonyl (C=O) groups excluding carboxylic acids is 2. The van der Waals surface area contributed by atoms with Crippen LogP contribution in [-0.4, -0.2) is 64.3 Å². The van der Waals surface area contributed by atoms with Gasteiger partial charge in [-0.3, -0.25) is 9.69 Å². The number of carbonyl (C=O) groups is 2. The van der Waals surface area contributed by atoms with Gasteiger partial charge >= 0.3 is 0 Å². The summed E-state index contributed by atoms with van der Waals surface area (Å²) in [7, 11) is 1.63. The van der Waals surface area contributed by atoms with Crippen molar-refractivity contribution in [2.45, 2.75) is 38.4 Å². The van der Waals surface area contributed by atoms with Crippen LogP contribution in [0.2, 0.25) is 10.0 Å². The molecular weight excluding hydrogens is 669 g/mol. The molecule has 3 N–H and O–H groups in total. The van der Waals surface area contributed by atoms with E-state index in [0.717, 1.165) is 68.8 Å². The lowest BCUT2D eigenvalue weighted by atomic mass is 9.87. The Bertz CT molecular complexity index is 2050. The number of fused-ring (bicyclic) bond motifs is 1. The number of rotatable bonds is 11. The Morgan fingerprint density at radius 1 is 1.08 bits per heavy atom. The highest BCUT2D eigenvalue weighted by molar-refractivity contribution is 7.18. The summed E-state index contributed by atoms with van der Waals surface area (Å²) in [6, 6.07) is 15.5. The van der Waals surface area contributed by atoms with Crippen molar-refractivity contribution in [2.75, 3.05) is 32.1 Å². The first-order chi connectivity index (χ1) is 23.3. The fraction of sp³-hybridized carbons (Fsp3) is 0.286. The summed E-state index contributed by atoms with van der Waals surface area (Å²) in [6.07, 6.45) is 4.04. The van der Waals surface area contributed by atoms with Crippen molar-refractivity contribution >= 4 is 68.5 Å². The summed E-state index contributed by atoms with van der Waals surface area (Å²) in [5.74, 6) is 1.27. The van der Waals surface area contributed by atoms with E-state index in [2.05, 4.69) is 32.8 Å². The van der Waals surface area contributed by atoms with E-state index in [4.69, 9.17) is 37.9 Å². The van der Waals surface area contributed by atoms with Crippen LogP contribution in [0.25, 0.3) is 32.6 Å². The van der Waals surface area contributed by atoms with Crippen LogP contribution in [0.3, 0.4) is 0 Å². The number of aldehydes is 1. The molecule has 2 aromatic carbocycles. The molecule has 13 heteroatoms. The van der Waals surface area contributed by atoms with E-state index in [9.17, 15) is 9.59 Å². The lowest BCUT2D eigenvalue weighted by Crippen LogP contribution is -2.66. The minimum Gasteiger partial charge on any atom is -0.481 e. The average molecular weight is 703 g/mol. The third-order valence-corrected chi connectivity index (χ3v) is 10.7. The molecule has 0 bridgehead atoms. The minimum atomic E-state index is -0.0856. The van der Waals surface area contributed by atoms with Crippen molar-refractivity contribution in [3.63, 3.8) is 0 Å². The van der Waals surface area contributed by atoms with Crippen LogP contribution < -0.4 is 20.7 Å². The van der Waals surface area contributed by atoms with Gasteiger partial charge in [-0.05, 0) is 37.1 Å². The number of pyridine rings is 2. The first-order valence-corrected chi connectivity index (χ1v) is 17.2. The van der Waals surface area contributed by atoms with Crippen molar-refractivity contribution in [1.29, 1.82) is 0 Å². The van der Waals surface area contributed by atoms with Gasteiger partial charge in [0.15, 0.2) is 5.82 Å². The summed E-state index contributed by atoms with van der Waals surface area (Å²) in [5, 5.41) is 11.4. The zero-order valence-electron chi connectivity index (χ0n) is 26.4. The summed E-state index contributed by atoms with van der Waals surface area (Å²) in [6.45, 7) is 5.14. The van der Waals surface area contributed by atoms with Crippen molar-refractivity contribution in [3.8, 4) is 28.3 Å². The van der Waals surface area contributed by atoms with Crippen LogP contribution in [0, 0.1) is 6.92 Å². The van der Waals surface area contributed by atoms with Gasteiger partial charge in [-0.1, -0.05) is 53.5 Å². The Balaban J connectivity index is 1.15. The van der Waals surface area contributed by atoms with Crippen LogP contribution in [-0.2, 0) is 22.7 Å². The van der Waals surface area contributed by atoms with Crippen LogP contribution in [0.15, 0.2) is 54.7 Å². The average Bonchev–Trinajstić information content (AvgIpc) is 3.67. The summed E-state index contributed by atoms with van der Waals surface area (Å²) in [5.41, 5.74) is 6.34. The predicted molar refractivity (Wildman–Crippen MR) is 190 cm³/mol. The quantitative estimate of drug-likeness (QED) is 0.104. The molecule has 5 aromatic rings. The van der Waals surface area contributed by atoms with E-state index in [1.807, 2.05) is 48.5 Å². The smallest absolute Gasteiger partial charge is 0.220 e. The molecule has 246 valence electrons. The molecule has 0 radical (unpaired) electrons. The highest BCUT2D eigenvalue weighted by atomic mass is 35.5. The molecule has 3 aromatic heterocycles. The molecule has 0 unspecified atom stereocenters. The Labute approximate surface area is 291 Å². The van der Waals surface area contributed by atoms with Crippen molar-refractivity contribution in [1.82, 2.24) is 30.5 Å². The fourth-order valence-electron chi connectivity index (χ4n) is 6.53. The molecule has 1 spiro atoms. The van der Waals surface area contributed by atoms with Gasteiger partial charge in [0.05, 0.1) is 45.3 Å². The summed E-state index contributed by atoms with van der Waals surface area (Å²) < 4.78 is 6.76. The van der Waals surface area contributed by atoms with Gasteiger partial charge in [0.25, 0.3) is 0 Å². The normalized spacial score (nSPS) is 15.5. The van der Waals surface area contributed by atoms with Crippen molar-refractivity contribution in [3.05, 3.63) is 80.9 Å². The number of nitrogens with one attached hydrogen (secondary N) is 3. The monoisotopic (exact) mass is 701 g/mol. The van der Waals surface area contributed by atoms with Crippen molar-refractivity contribution in [2.24, 2.45) is 0 Å². The molecule has 5 heterocycles. The molecule has 0 aliphatic carbocycles. The number of nitrogens with zero attached hydrogens (tertiary/aromatic N) is 4. The summed E-state index contributed by atoms with van der Waals surface area (Å²) >= 11 is 15.7. The number of amides is 1. The number of aromatic nitrogens is 3. The molecule has 0 saturated carbocycles. The molecule has 2 fully saturated rings. The van der Waals surface area contributed by atoms with Gasteiger partial charge in [0.1, 0.15) is 16.8 Å². The van der Waals surface area contributed by atoms with Gasteiger partial charge in [-0.15, -0.1) is 11.3 Å². The predicted octanol–water partition coefficient (Wildman–Crippen LogP) is 6.54. The zero-order valence-corrected chi connectivity index (χ0v) is 28.7. The van der Waals surface area contributed by atoms with E-state index in [0.29, 0.717) is 52.6 Å². The molecule has 7 rings (SSSR count). The van der Waals surface area contributed by atoms with E-state index in [1.165, 1.54) is 0 Å². The molecule has 1 amide bonds. The maximum Gasteiger partial charge on any atom is 0.220 e. The van der Waals surface area contributed by atoms with Gasteiger partial charge < -0.3 is 25.5 Å². The molecule has 2 saturated heterocycles. The number of anilines is 2. The number of halogens is 2. The second kappa shape index (κ2) is 13.4. The number of ether oxygens (including phenoxy) is 1. The molecule has 2 aliphatic heterocycles. The molecule has 0 atom stereocenters. The maximum atomic E-state index is 11.8. The Morgan fingerprint density at radius 3 is 2.60 bits per heavy atom. The number of methoxy groups -OCH3 is 1. The van der Waals surface area contributed by atoms with E-state index in [-0.39, 0.29) is 18.0 Å². The second-order valence-electron chi connectivity index (χ2n) is 12.2. The summed E-state index contributed by atoms with van der Waals surface area (Å²) in [4.78, 5) is 39.0. The standard InChI is InChI=1S/C35H33Cl2N7O3S/c1-20-15-26(41-34(47-2)24(20)17-44-18-35(19-44)11-9-28(46)43-35)23-7-3-5-21(30(23)36)22-6-4-8-25(31(22)37)40-33-32-27(10-12-39-33)48-29(42-32)16-38-13-14-45/h3-8,10,12,14-15,38H,9,11,13,16-19H2,1-2H3,(H,39,40)(H,43,46). The van der Waals surface area contributed by atoms with Crippen LogP contribution in [0.4, 0.5) is 11.5 Å². The Morgan fingerprint density at radius 2 is 1.85 bits per heavy atom. The number of hydrogen-bond acceptors (Lipinski definition) is 10. The first-order valence-electron chi connectivity index (χ1n) is 15.6. The highest BCUT2D eigenvalue weighted by Gasteiger charge is 2.47. The third-order valence-electron chi connectivity index (χ3n) is 8.84. The number of likely N-dealkylation sites (tertiary alicyclic amines) is 1. The largest absolute Gasteiger partial charge is 0.481 e. The van der Waals surface area contributed by atoms with Crippen molar-refractivity contribution < 1.29 is 14.3 Å². The van der Waals surface area contributed by atoms with E-state index >= 15 is 0 Å². The van der Waals surface area contributed by atoms with Gasteiger partial charge in [0.2, 0.25) is 11.8 Å². The second-order valence-corrected chi connectivity index (χ2v) is 14.0. The molecule has 2 aliphatic rings. The third kappa shape index (κ3) is 6.24. The number of thiazole rings is 1. The first kappa shape index (κ1) is 32.4. The topological polar surface area (TPSA) is 121 Å². The van der Waals surface area contributed by atoms with E-state index < -0.39 is 0 Å². The fourth-order valence-corrected chi connectivity index (χ4v) is 8.07. The van der Waals surface area contributed by atoms with Gasteiger partial charge in [-0.25, -0.2) is 15.0 Å².